The van der Waals surface area contributed by atoms with Gasteiger partial charge in [0.25, 0.3) is 0 Å². The molecule has 1 amide bonds. The molecule has 0 radical (unpaired) electrons. The number of methoxy groups -OCH3 is 1. The van der Waals surface area contributed by atoms with Gasteiger partial charge in [-0.05, 0) is 24.6 Å². The van der Waals surface area contributed by atoms with Gasteiger partial charge in [0, 0.05) is 24.6 Å². The predicted molar refractivity (Wildman–Crippen MR) is 67.6 cm³/mol. The Kier molecular flexibility index (Phi) is 5.58. The molecule has 0 bridgehead atoms. The molecule has 4 nitrogen and oxygen atoms in total. The molecule has 0 aromatic heterocycles. The standard InChI is InChI=1S/C13H19FN2O2/c1-3-9(7-15)13(17)16-8-10-6-11(14)4-5-12(10)18-2/h4-6,9H,3,7-8,15H2,1-2H3,(H,16,17). The molecule has 0 fully saturated rings. The molecule has 0 aliphatic rings. The average Bonchev–Trinajstić information content (AvgIpc) is 2.38. The van der Waals surface area contributed by atoms with Crippen LogP contribution in [0.15, 0.2) is 18.2 Å². The first-order valence-electron chi connectivity index (χ1n) is 5.92. The molecule has 3 N–H and O–H groups in total. The molecule has 100 valence electrons. The van der Waals surface area contributed by atoms with Gasteiger partial charge in [-0.25, -0.2) is 4.39 Å². The molecule has 5 heteroatoms. The Labute approximate surface area is 106 Å². The van der Waals surface area contributed by atoms with E-state index in [0.717, 1.165) is 0 Å². The van der Waals surface area contributed by atoms with E-state index in [1.165, 1.54) is 25.3 Å². The summed E-state index contributed by atoms with van der Waals surface area (Å²) in [5, 5.41) is 2.74. The number of carbonyl (C=O) groups excluding carboxylic acids is 1. The summed E-state index contributed by atoms with van der Waals surface area (Å²) < 4.78 is 18.2. The van der Waals surface area contributed by atoms with Crippen molar-refractivity contribution in [2.24, 2.45) is 11.7 Å². The Morgan fingerprint density at radius 2 is 2.28 bits per heavy atom. The van der Waals surface area contributed by atoms with Gasteiger partial charge >= 0.3 is 0 Å². The number of halogens is 1. The van der Waals surface area contributed by atoms with E-state index >= 15 is 0 Å². The third-order valence-corrected chi connectivity index (χ3v) is 2.84. The van der Waals surface area contributed by atoms with Crippen LogP contribution in [0.1, 0.15) is 18.9 Å². The summed E-state index contributed by atoms with van der Waals surface area (Å²) >= 11 is 0. The van der Waals surface area contributed by atoms with E-state index in [-0.39, 0.29) is 24.2 Å². The summed E-state index contributed by atoms with van der Waals surface area (Å²) in [6, 6.07) is 4.21. The van der Waals surface area contributed by atoms with Gasteiger partial charge in [-0.15, -0.1) is 0 Å². The smallest absolute Gasteiger partial charge is 0.224 e. The molecule has 0 saturated heterocycles. The van der Waals surface area contributed by atoms with Crippen LogP contribution in [0.3, 0.4) is 0 Å². The van der Waals surface area contributed by atoms with Gasteiger partial charge < -0.3 is 15.8 Å². The van der Waals surface area contributed by atoms with E-state index in [0.29, 0.717) is 24.3 Å². The van der Waals surface area contributed by atoms with Crippen molar-refractivity contribution in [2.75, 3.05) is 13.7 Å². The molecule has 1 rings (SSSR count). The molecule has 1 aromatic rings. The molecule has 1 atom stereocenters. The SMILES string of the molecule is CCC(CN)C(=O)NCc1cc(F)ccc1OC. The van der Waals surface area contributed by atoms with Crippen LogP contribution in [0.25, 0.3) is 0 Å². The van der Waals surface area contributed by atoms with Gasteiger partial charge in [-0.2, -0.15) is 0 Å². The molecule has 1 aromatic carbocycles. The topological polar surface area (TPSA) is 64.4 Å². The quantitative estimate of drug-likeness (QED) is 0.807. The first kappa shape index (κ1) is 14.4. The third kappa shape index (κ3) is 3.70. The Morgan fingerprint density at radius 3 is 2.83 bits per heavy atom. The number of amides is 1. The summed E-state index contributed by atoms with van der Waals surface area (Å²) in [4.78, 5) is 11.7. The van der Waals surface area contributed by atoms with Crippen LogP contribution >= 0.6 is 0 Å². The fourth-order valence-electron chi connectivity index (χ4n) is 1.67. The van der Waals surface area contributed by atoms with Gasteiger partial charge in [0.2, 0.25) is 5.91 Å². The Morgan fingerprint density at radius 1 is 1.56 bits per heavy atom. The number of hydrogen-bond donors (Lipinski definition) is 2. The summed E-state index contributed by atoms with van der Waals surface area (Å²) in [5.74, 6) is -0.126. The second kappa shape index (κ2) is 6.96. The van der Waals surface area contributed by atoms with Crippen LogP contribution in [0.5, 0.6) is 5.75 Å². The highest BCUT2D eigenvalue weighted by molar-refractivity contribution is 5.78. The first-order chi connectivity index (χ1) is 8.62. The lowest BCUT2D eigenvalue weighted by Gasteiger charge is -2.14. The van der Waals surface area contributed by atoms with Crippen molar-refractivity contribution in [1.29, 1.82) is 0 Å². The highest BCUT2D eigenvalue weighted by atomic mass is 19.1. The lowest BCUT2D eigenvalue weighted by atomic mass is 10.1. The monoisotopic (exact) mass is 254 g/mol. The van der Waals surface area contributed by atoms with Crippen molar-refractivity contribution >= 4 is 5.91 Å². The van der Waals surface area contributed by atoms with Gasteiger partial charge in [0.05, 0.1) is 7.11 Å². The summed E-state index contributed by atoms with van der Waals surface area (Å²) in [5.41, 5.74) is 6.10. The molecule has 0 aliphatic carbocycles. The van der Waals surface area contributed by atoms with Crippen molar-refractivity contribution in [1.82, 2.24) is 5.32 Å². The van der Waals surface area contributed by atoms with Gasteiger partial charge in [-0.3, -0.25) is 4.79 Å². The first-order valence-corrected chi connectivity index (χ1v) is 5.92. The molecule has 0 aliphatic heterocycles. The van der Waals surface area contributed by atoms with Crippen LogP contribution in [-0.2, 0) is 11.3 Å². The second-order valence-electron chi connectivity index (χ2n) is 4.01. The van der Waals surface area contributed by atoms with Crippen LogP contribution < -0.4 is 15.8 Å². The molecule has 1 unspecified atom stereocenters. The second-order valence-corrected chi connectivity index (χ2v) is 4.01. The molecule has 0 saturated carbocycles. The minimum atomic E-state index is -0.356. The molecule has 0 spiro atoms. The normalized spacial score (nSPS) is 12.0. The number of nitrogens with two attached hydrogens (primary N) is 1. The highest BCUT2D eigenvalue weighted by Gasteiger charge is 2.14. The highest BCUT2D eigenvalue weighted by Crippen LogP contribution is 2.19. The zero-order chi connectivity index (χ0) is 13.5. The Bertz CT molecular complexity index is 406. The summed E-state index contributed by atoms with van der Waals surface area (Å²) in [6.07, 6.45) is 0.683. The Hall–Kier alpha value is -1.62. The fourth-order valence-corrected chi connectivity index (χ4v) is 1.67. The maximum atomic E-state index is 13.1. The van der Waals surface area contributed by atoms with Gasteiger partial charge in [-0.1, -0.05) is 6.92 Å². The summed E-state index contributed by atoms with van der Waals surface area (Å²) in [6.45, 7) is 2.44. The van der Waals surface area contributed by atoms with E-state index in [1.54, 1.807) is 0 Å². The predicted octanol–water partition coefficient (Wildman–Crippen LogP) is 1.44. The van der Waals surface area contributed by atoms with Crippen molar-refractivity contribution in [3.05, 3.63) is 29.6 Å². The zero-order valence-corrected chi connectivity index (χ0v) is 10.7. The van der Waals surface area contributed by atoms with Gasteiger partial charge in [0.15, 0.2) is 0 Å². The Balaban J connectivity index is 2.68. The number of rotatable bonds is 6. The van der Waals surface area contributed by atoms with Crippen molar-refractivity contribution in [3.63, 3.8) is 0 Å². The molecule has 18 heavy (non-hydrogen) atoms. The molecule has 0 heterocycles. The number of nitrogens with one attached hydrogen (secondary N) is 1. The summed E-state index contributed by atoms with van der Waals surface area (Å²) in [7, 11) is 1.51. The zero-order valence-electron chi connectivity index (χ0n) is 10.7. The van der Waals surface area contributed by atoms with E-state index in [9.17, 15) is 9.18 Å². The van der Waals surface area contributed by atoms with Crippen molar-refractivity contribution < 1.29 is 13.9 Å². The van der Waals surface area contributed by atoms with Crippen LogP contribution in [0.2, 0.25) is 0 Å². The lowest BCUT2D eigenvalue weighted by Crippen LogP contribution is -2.34. The number of ether oxygens (including phenoxy) is 1. The number of hydrogen-bond acceptors (Lipinski definition) is 3. The van der Waals surface area contributed by atoms with E-state index in [4.69, 9.17) is 10.5 Å². The van der Waals surface area contributed by atoms with E-state index < -0.39 is 0 Å². The van der Waals surface area contributed by atoms with Crippen molar-refractivity contribution in [3.8, 4) is 5.75 Å². The largest absolute Gasteiger partial charge is 0.496 e. The lowest BCUT2D eigenvalue weighted by molar-refractivity contribution is -0.124. The van der Waals surface area contributed by atoms with Crippen LogP contribution in [-0.4, -0.2) is 19.6 Å². The maximum Gasteiger partial charge on any atom is 0.224 e. The minimum absolute atomic E-state index is 0.119. The van der Waals surface area contributed by atoms with E-state index in [1.807, 2.05) is 6.92 Å². The molecular formula is C13H19FN2O2. The van der Waals surface area contributed by atoms with Crippen molar-refractivity contribution in [2.45, 2.75) is 19.9 Å². The minimum Gasteiger partial charge on any atom is -0.496 e. The van der Waals surface area contributed by atoms with E-state index in [2.05, 4.69) is 5.32 Å². The van der Waals surface area contributed by atoms with Crippen LogP contribution in [0, 0.1) is 11.7 Å². The van der Waals surface area contributed by atoms with Crippen LogP contribution in [0.4, 0.5) is 4.39 Å². The fraction of sp³-hybridized carbons (Fsp3) is 0.462. The average molecular weight is 254 g/mol. The number of benzene rings is 1. The third-order valence-electron chi connectivity index (χ3n) is 2.84. The maximum absolute atomic E-state index is 13.1. The van der Waals surface area contributed by atoms with Gasteiger partial charge in [0.1, 0.15) is 11.6 Å². The molecular weight excluding hydrogens is 235 g/mol. The number of carbonyl (C=O) groups is 1.